The second-order valence-electron chi connectivity index (χ2n) is 5.11. The Balaban J connectivity index is 1.69. The number of aromatic nitrogens is 3. The van der Waals surface area contributed by atoms with Gasteiger partial charge in [-0.25, -0.2) is 9.50 Å². The van der Waals surface area contributed by atoms with Gasteiger partial charge in [0, 0.05) is 18.2 Å². The molecule has 1 aliphatic rings. The Morgan fingerprint density at radius 2 is 2.15 bits per heavy atom. The van der Waals surface area contributed by atoms with E-state index in [0.29, 0.717) is 5.82 Å². The van der Waals surface area contributed by atoms with E-state index in [9.17, 15) is 4.79 Å². The Hall–Kier alpha value is -2.17. The lowest BCUT2D eigenvalue weighted by molar-refractivity contribution is -0.120. The van der Waals surface area contributed by atoms with Gasteiger partial charge in [0.2, 0.25) is 5.91 Å². The van der Waals surface area contributed by atoms with Crippen LogP contribution in [0.2, 0.25) is 0 Å². The van der Waals surface area contributed by atoms with Crippen molar-refractivity contribution in [2.24, 2.45) is 5.92 Å². The van der Waals surface area contributed by atoms with Crippen molar-refractivity contribution in [1.29, 1.82) is 0 Å². The van der Waals surface area contributed by atoms with E-state index < -0.39 is 0 Å². The van der Waals surface area contributed by atoms with Crippen LogP contribution in [0.15, 0.2) is 36.7 Å². The Morgan fingerprint density at radius 3 is 3.10 bits per heavy atom. The predicted molar refractivity (Wildman–Crippen MR) is 77.3 cm³/mol. The minimum atomic E-state index is 0.0802. The van der Waals surface area contributed by atoms with Gasteiger partial charge >= 0.3 is 0 Å². The summed E-state index contributed by atoms with van der Waals surface area (Å²) in [6, 6.07) is 3.59. The third kappa shape index (κ3) is 2.87. The highest BCUT2D eigenvalue weighted by Gasteiger charge is 2.18. The summed E-state index contributed by atoms with van der Waals surface area (Å²) in [5.74, 6) is 0.764. The van der Waals surface area contributed by atoms with Crippen molar-refractivity contribution < 1.29 is 4.79 Å². The van der Waals surface area contributed by atoms with E-state index in [-0.39, 0.29) is 11.8 Å². The van der Waals surface area contributed by atoms with E-state index >= 15 is 0 Å². The number of hydrogen-bond donors (Lipinski definition) is 1. The molecule has 20 heavy (non-hydrogen) atoms. The summed E-state index contributed by atoms with van der Waals surface area (Å²) in [6.45, 7) is 0. The third-order valence-corrected chi connectivity index (χ3v) is 3.65. The van der Waals surface area contributed by atoms with Crippen LogP contribution in [0.25, 0.3) is 5.65 Å². The molecule has 0 fully saturated rings. The second-order valence-corrected chi connectivity index (χ2v) is 5.11. The van der Waals surface area contributed by atoms with Crippen LogP contribution in [0.1, 0.15) is 32.1 Å². The summed E-state index contributed by atoms with van der Waals surface area (Å²) in [7, 11) is 0. The van der Waals surface area contributed by atoms with Gasteiger partial charge in [-0.2, -0.15) is 5.10 Å². The van der Waals surface area contributed by atoms with Gasteiger partial charge in [-0.1, -0.05) is 12.2 Å². The zero-order valence-corrected chi connectivity index (χ0v) is 11.3. The molecule has 0 spiro atoms. The van der Waals surface area contributed by atoms with Gasteiger partial charge in [0.05, 0.1) is 6.20 Å². The summed E-state index contributed by atoms with van der Waals surface area (Å²) in [6.07, 6.45) is 12.9. The minimum absolute atomic E-state index is 0.0802. The van der Waals surface area contributed by atoms with Gasteiger partial charge < -0.3 is 5.32 Å². The molecule has 104 valence electrons. The fraction of sp³-hybridized carbons (Fsp3) is 0.400. The number of nitrogens with zero attached hydrogens (tertiary/aromatic N) is 3. The topological polar surface area (TPSA) is 59.3 Å². The van der Waals surface area contributed by atoms with Gasteiger partial charge in [-0.3, -0.25) is 4.79 Å². The standard InChI is InChI=1S/C15H18N4O/c20-15(12-6-4-2-1-3-5-7-12)18-13-9-11-19-14(17-13)8-10-16-19/h1-2,8-12H,3-7H2,(H,17,18,20)/t12-/m1/s1. The highest BCUT2D eigenvalue weighted by atomic mass is 16.1. The van der Waals surface area contributed by atoms with Crippen molar-refractivity contribution in [2.75, 3.05) is 5.32 Å². The van der Waals surface area contributed by atoms with Crippen LogP contribution in [0, 0.1) is 5.92 Å². The van der Waals surface area contributed by atoms with E-state index in [1.165, 1.54) is 0 Å². The van der Waals surface area contributed by atoms with Gasteiger partial charge in [-0.05, 0) is 38.2 Å². The lowest BCUT2D eigenvalue weighted by Crippen LogP contribution is -2.23. The fourth-order valence-electron chi connectivity index (χ4n) is 2.53. The molecule has 1 aliphatic carbocycles. The molecule has 0 bridgehead atoms. The Labute approximate surface area is 117 Å². The maximum absolute atomic E-state index is 12.3. The first kappa shape index (κ1) is 12.8. The number of carbonyl (C=O) groups excluding carboxylic acids is 1. The molecule has 2 heterocycles. The normalized spacial score (nSPS) is 19.5. The molecule has 0 saturated heterocycles. The molecule has 0 aromatic carbocycles. The number of amides is 1. The molecule has 2 aromatic rings. The zero-order valence-electron chi connectivity index (χ0n) is 11.3. The van der Waals surface area contributed by atoms with Crippen molar-refractivity contribution >= 4 is 17.4 Å². The zero-order chi connectivity index (χ0) is 13.8. The first-order valence-corrected chi connectivity index (χ1v) is 7.09. The van der Waals surface area contributed by atoms with Crippen LogP contribution >= 0.6 is 0 Å². The molecule has 0 unspecified atom stereocenters. The lowest BCUT2D eigenvalue weighted by Gasteiger charge is -2.16. The molecule has 2 aromatic heterocycles. The van der Waals surface area contributed by atoms with E-state index in [2.05, 4.69) is 27.6 Å². The molecule has 0 radical (unpaired) electrons. The lowest BCUT2D eigenvalue weighted by atomic mass is 9.93. The van der Waals surface area contributed by atoms with Crippen LogP contribution in [-0.4, -0.2) is 20.5 Å². The number of nitrogens with one attached hydrogen (secondary N) is 1. The maximum atomic E-state index is 12.3. The van der Waals surface area contributed by atoms with Crippen LogP contribution in [0.3, 0.4) is 0 Å². The molecular weight excluding hydrogens is 252 g/mol. The van der Waals surface area contributed by atoms with Crippen LogP contribution < -0.4 is 5.32 Å². The molecule has 1 N–H and O–H groups in total. The molecule has 1 amide bonds. The SMILES string of the molecule is O=C(Nc1ccn2nccc2n1)[C@@H]1CCC=CCCC1. The second kappa shape index (κ2) is 5.86. The van der Waals surface area contributed by atoms with Crippen molar-refractivity contribution in [3.05, 3.63) is 36.7 Å². The molecular formula is C15H18N4O. The van der Waals surface area contributed by atoms with Gasteiger partial charge in [0.25, 0.3) is 0 Å². The first-order chi connectivity index (χ1) is 9.83. The van der Waals surface area contributed by atoms with Gasteiger partial charge in [0.15, 0.2) is 5.65 Å². The Bertz CT molecular complexity index is 632. The van der Waals surface area contributed by atoms with Crippen LogP contribution in [-0.2, 0) is 4.79 Å². The number of fused-ring (bicyclic) bond motifs is 1. The number of anilines is 1. The monoisotopic (exact) mass is 270 g/mol. The van der Waals surface area contributed by atoms with Crippen molar-refractivity contribution in [3.63, 3.8) is 0 Å². The first-order valence-electron chi connectivity index (χ1n) is 7.09. The Morgan fingerprint density at radius 1 is 1.25 bits per heavy atom. The summed E-state index contributed by atoms with van der Waals surface area (Å²) < 4.78 is 1.68. The molecule has 5 heteroatoms. The van der Waals surface area contributed by atoms with Gasteiger partial charge in [-0.15, -0.1) is 0 Å². The number of carbonyl (C=O) groups is 1. The van der Waals surface area contributed by atoms with Crippen molar-refractivity contribution in [1.82, 2.24) is 14.6 Å². The highest BCUT2D eigenvalue weighted by Crippen LogP contribution is 2.20. The molecule has 0 aliphatic heterocycles. The number of allylic oxidation sites excluding steroid dienone is 2. The third-order valence-electron chi connectivity index (χ3n) is 3.65. The number of hydrogen-bond acceptors (Lipinski definition) is 3. The average molecular weight is 270 g/mol. The van der Waals surface area contributed by atoms with Crippen LogP contribution in [0.4, 0.5) is 5.82 Å². The summed E-state index contributed by atoms with van der Waals surface area (Å²) >= 11 is 0. The van der Waals surface area contributed by atoms with Gasteiger partial charge in [0.1, 0.15) is 5.82 Å². The Kier molecular flexibility index (Phi) is 3.76. The van der Waals surface area contributed by atoms with Crippen molar-refractivity contribution in [2.45, 2.75) is 32.1 Å². The largest absolute Gasteiger partial charge is 0.310 e. The minimum Gasteiger partial charge on any atom is -0.310 e. The van der Waals surface area contributed by atoms with E-state index in [0.717, 1.165) is 37.8 Å². The molecule has 5 nitrogen and oxygen atoms in total. The number of rotatable bonds is 2. The van der Waals surface area contributed by atoms with E-state index in [1.807, 2.05) is 6.07 Å². The smallest absolute Gasteiger partial charge is 0.228 e. The summed E-state index contributed by atoms with van der Waals surface area (Å²) in [4.78, 5) is 16.7. The highest BCUT2D eigenvalue weighted by molar-refractivity contribution is 5.91. The maximum Gasteiger partial charge on any atom is 0.228 e. The average Bonchev–Trinajstić information content (AvgIpc) is 2.85. The predicted octanol–water partition coefficient (Wildman–Crippen LogP) is 2.80. The van der Waals surface area contributed by atoms with E-state index in [4.69, 9.17) is 0 Å². The quantitative estimate of drug-likeness (QED) is 0.854. The molecule has 1 atom stereocenters. The van der Waals surface area contributed by atoms with E-state index in [1.54, 1.807) is 23.0 Å². The summed E-state index contributed by atoms with van der Waals surface area (Å²) in [5, 5.41) is 7.01. The van der Waals surface area contributed by atoms with Crippen molar-refractivity contribution in [3.8, 4) is 0 Å². The molecule has 0 saturated carbocycles. The van der Waals surface area contributed by atoms with Crippen LogP contribution in [0.5, 0.6) is 0 Å². The summed E-state index contributed by atoms with van der Waals surface area (Å²) in [5.41, 5.74) is 0.739. The fourth-order valence-corrected chi connectivity index (χ4v) is 2.53. The molecule has 3 rings (SSSR count).